The molecule has 144 valence electrons. The lowest BCUT2D eigenvalue weighted by Gasteiger charge is -2.42. The van der Waals surface area contributed by atoms with Gasteiger partial charge in [-0.2, -0.15) is 0 Å². The van der Waals surface area contributed by atoms with Crippen molar-refractivity contribution in [3.05, 3.63) is 90.0 Å². The van der Waals surface area contributed by atoms with Gasteiger partial charge in [0, 0.05) is 23.4 Å². The van der Waals surface area contributed by atoms with E-state index in [0.29, 0.717) is 0 Å². The van der Waals surface area contributed by atoms with Crippen LogP contribution in [0.5, 0.6) is 0 Å². The summed E-state index contributed by atoms with van der Waals surface area (Å²) in [5.41, 5.74) is 5.87. The van der Waals surface area contributed by atoms with Gasteiger partial charge in [-0.25, -0.2) is 0 Å². The highest BCUT2D eigenvalue weighted by Crippen LogP contribution is 2.55. The van der Waals surface area contributed by atoms with E-state index in [1.807, 2.05) is 0 Å². The molecule has 2 nitrogen and oxygen atoms in total. The minimum absolute atomic E-state index is 0.527. The molecule has 0 unspecified atom stereocenters. The van der Waals surface area contributed by atoms with Gasteiger partial charge >= 0.3 is 0 Å². The molecule has 28 heavy (non-hydrogen) atoms. The van der Waals surface area contributed by atoms with Crippen LogP contribution in [0.1, 0.15) is 31.4 Å². The zero-order valence-electron chi connectivity index (χ0n) is 16.6. The average molecular weight is 391 g/mol. The van der Waals surface area contributed by atoms with E-state index in [1.54, 1.807) is 0 Å². The summed E-state index contributed by atoms with van der Waals surface area (Å²) in [6.07, 6.45) is 0.882. The van der Waals surface area contributed by atoms with Gasteiger partial charge in [0.05, 0.1) is 16.2 Å². The van der Waals surface area contributed by atoms with Crippen molar-refractivity contribution in [1.29, 1.82) is 0 Å². The number of hydrogen-bond acceptors (Lipinski definition) is 2. The highest BCUT2D eigenvalue weighted by molar-refractivity contribution is 6.27. The highest BCUT2D eigenvalue weighted by atomic mass is 35.5. The number of alkyl halides is 1. The van der Waals surface area contributed by atoms with Crippen LogP contribution in [0.15, 0.2) is 78.9 Å². The number of benzene rings is 3. The molecule has 0 aliphatic carbocycles. The third-order valence-corrected chi connectivity index (χ3v) is 6.42. The van der Waals surface area contributed by atoms with Crippen LogP contribution in [0.25, 0.3) is 0 Å². The molecule has 1 aliphatic heterocycles. The molecule has 3 aromatic carbocycles. The second-order valence-electron chi connectivity index (χ2n) is 7.28. The van der Waals surface area contributed by atoms with Crippen molar-refractivity contribution in [3.63, 3.8) is 0 Å². The molecule has 0 radical (unpaired) electrons. The van der Waals surface area contributed by atoms with E-state index >= 15 is 0 Å². The van der Waals surface area contributed by atoms with Gasteiger partial charge in [-0.1, -0.05) is 68.4 Å². The molecule has 0 bridgehead atoms. The molecular weight excluding hydrogens is 364 g/mol. The highest BCUT2D eigenvalue weighted by Gasteiger charge is 2.41. The van der Waals surface area contributed by atoms with E-state index in [4.69, 9.17) is 11.6 Å². The Morgan fingerprint density at radius 3 is 1.79 bits per heavy atom. The van der Waals surface area contributed by atoms with E-state index < -0.39 is 4.87 Å². The summed E-state index contributed by atoms with van der Waals surface area (Å²) in [7, 11) is 0. The van der Waals surface area contributed by atoms with Crippen molar-refractivity contribution >= 4 is 28.7 Å². The summed E-state index contributed by atoms with van der Waals surface area (Å²) in [4.78, 5) is 4.25. The van der Waals surface area contributed by atoms with Crippen LogP contribution >= 0.6 is 11.6 Å². The molecule has 3 aromatic rings. The number of halogens is 1. The number of fused-ring (bicyclic) bond motifs is 2. The Morgan fingerprint density at radius 2 is 1.25 bits per heavy atom. The van der Waals surface area contributed by atoms with Gasteiger partial charge in [0.2, 0.25) is 0 Å². The monoisotopic (exact) mass is 390 g/mol. The number of rotatable bonds is 6. The van der Waals surface area contributed by atoms with Crippen molar-refractivity contribution in [2.75, 3.05) is 24.5 Å². The predicted octanol–water partition coefficient (Wildman–Crippen LogP) is 6.68. The van der Waals surface area contributed by atoms with E-state index in [1.165, 1.54) is 22.5 Å². The fourth-order valence-corrected chi connectivity index (χ4v) is 4.66. The molecule has 4 rings (SSSR count). The maximum Gasteiger partial charge on any atom is 0.0996 e. The lowest BCUT2D eigenvalue weighted by atomic mass is 9.81. The summed E-state index contributed by atoms with van der Waals surface area (Å²) in [6.45, 7) is 7.49. The molecular formula is C25H27ClN2. The molecule has 0 atom stereocenters. The summed E-state index contributed by atoms with van der Waals surface area (Å²) in [6, 6.07) is 27.7. The van der Waals surface area contributed by atoms with Crippen LogP contribution < -0.4 is 4.90 Å². The van der Waals surface area contributed by atoms with E-state index in [-0.39, 0.29) is 0 Å². The first kappa shape index (κ1) is 19.0. The van der Waals surface area contributed by atoms with Crippen molar-refractivity contribution in [2.45, 2.75) is 25.1 Å². The molecule has 0 aromatic heterocycles. The van der Waals surface area contributed by atoms with Gasteiger partial charge in [0.25, 0.3) is 0 Å². The van der Waals surface area contributed by atoms with Crippen LogP contribution in [0.2, 0.25) is 0 Å². The molecule has 0 saturated heterocycles. The zero-order valence-corrected chi connectivity index (χ0v) is 17.4. The minimum Gasteiger partial charge on any atom is -0.310 e. The molecule has 0 spiro atoms. The SMILES string of the molecule is CCN(CC)CCC1(Cl)c2ccccc2N(c2ccccc2)c2ccccc21. The molecule has 0 saturated carbocycles. The Bertz CT molecular complexity index is 887. The topological polar surface area (TPSA) is 6.48 Å². The standard InChI is InChI=1S/C25H27ClN2/c1-3-27(4-2)19-18-25(26)21-14-8-10-16-23(21)28(20-12-6-5-7-13-20)24-17-11-9-15-22(24)25/h5-17H,3-4,18-19H2,1-2H3. The van der Waals surface area contributed by atoms with Crippen molar-refractivity contribution in [3.8, 4) is 0 Å². The second-order valence-corrected chi connectivity index (χ2v) is 7.93. The Balaban J connectivity index is 1.87. The van der Waals surface area contributed by atoms with Crippen molar-refractivity contribution in [1.82, 2.24) is 4.90 Å². The van der Waals surface area contributed by atoms with Gasteiger partial charge in [0.1, 0.15) is 0 Å². The number of nitrogens with zero attached hydrogens (tertiary/aromatic N) is 2. The van der Waals surface area contributed by atoms with E-state index in [0.717, 1.165) is 31.7 Å². The Labute approximate surface area is 173 Å². The number of anilines is 3. The van der Waals surface area contributed by atoms with Gasteiger partial charge in [-0.3, -0.25) is 0 Å². The molecule has 1 aliphatic rings. The molecule has 0 fully saturated rings. The quantitative estimate of drug-likeness (QED) is 0.433. The minimum atomic E-state index is -0.527. The van der Waals surface area contributed by atoms with Crippen LogP contribution in [-0.4, -0.2) is 24.5 Å². The summed E-state index contributed by atoms with van der Waals surface area (Å²) in [5.74, 6) is 0. The smallest absolute Gasteiger partial charge is 0.0996 e. The van der Waals surface area contributed by atoms with Gasteiger partial charge in [0.15, 0.2) is 0 Å². The normalized spacial score (nSPS) is 14.6. The second kappa shape index (κ2) is 7.98. The van der Waals surface area contributed by atoms with Gasteiger partial charge in [-0.05, 0) is 43.8 Å². The summed E-state index contributed by atoms with van der Waals surface area (Å²) in [5, 5.41) is 0. The van der Waals surface area contributed by atoms with Crippen molar-refractivity contribution in [2.24, 2.45) is 0 Å². The molecule has 3 heteroatoms. The van der Waals surface area contributed by atoms with E-state index in [9.17, 15) is 0 Å². The molecule has 1 heterocycles. The third kappa shape index (κ3) is 3.21. The molecule has 0 N–H and O–H groups in total. The van der Waals surface area contributed by atoms with Gasteiger partial charge < -0.3 is 9.80 Å². The first-order chi connectivity index (χ1) is 13.7. The van der Waals surface area contributed by atoms with Crippen molar-refractivity contribution < 1.29 is 0 Å². The Hall–Kier alpha value is -2.29. The fraction of sp³-hybridized carbons (Fsp3) is 0.280. The van der Waals surface area contributed by atoms with Gasteiger partial charge in [-0.15, -0.1) is 11.6 Å². The summed E-state index contributed by atoms with van der Waals surface area (Å²) < 4.78 is 0. The average Bonchev–Trinajstić information content (AvgIpc) is 2.76. The number of hydrogen-bond donors (Lipinski definition) is 0. The zero-order chi connectivity index (χ0) is 19.6. The first-order valence-corrected chi connectivity index (χ1v) is 10.5. The Kier molecular flexibility index (Phi) is 5.43. The third-order valence-electron chi connectivity index (χ3n) is 5.83. The maximum absolute atomic E-state index is 7.49. The van der Waals surface area contributed by atoms with Crippen LogP contribution in [0, 0.1) is 0 Å². The Morgan fingerprint density at radius 1 is 0.750 bits per heavy atom. The fourth-order valence-electron chi connectivity index (χ4n) is 4.26. The molecule has 0 amide bonds. The summed E-state index contributed by atoms with van der Waals surface area (Å²) >= 11 is 7.49. The van der Waals surface area contributed by atoms with Crippen LogP contribution in [0.3, 0.4) is 0 Å². The van der Waals surface area contributed by atoms with Crippen LogP contribution in [0.4, 0.5) is 17.1 Å². The maximum atomic E-state index is 7.49. The number of para-hydroxylation sites is 3. The largest absolute Gasteiger partial charge is 0.310 e. The lowest BCUT2D eigenvalue weighted by Crippen LogP contribution is -2.35. The lowest BCUT2D eigenvalue weighted by molar-refractivity contribution is 0.289. The van der Waals surface area contributed by atoms with Crippen LogP contribution in [-0.2, 0) is 4.87 Å². The first-order valence-electron chi connectivity index (χ1n) is 10.1. The van der Waals surface area contributed by atoms with E-state index in [2.05, 4.69) is 103 Å². The predicted molar refractivity (Wildman–Crippen MR) is 120 cm³/mol.